The minimum atomic E-state index is -0.768. The number of aromatic nitrogens is 3. The molecule has 150 valence electrons. The molecule has 0 bridgehead atoms. The number of carbonyl (C=O) groups is 2. The van der Waals surface area contributed by atoms with Crippen molar-refractivity contribution in [1.82, 2.24) is 19.9 Å². The molecule has 2 aromatic rings. The lowest BCUT2D eigenvalue weighted by atomic mass is 9.80. The summed E-state index contributed by atoms with van der Waals surface area (Å²) in [6, 6.07) is 1.86. The summed E-state index contributed by atoms with van der Waals surface area (Å²) in [6.07, 6.45) is 10.5. The Balaban J connectivity index is 1.49. The normalized spacial score (nSPS) is 23.8. The summed E-state index contributed by atoms with van der Waals surface area (Å²) in [5.41, 5.74) is 1.75. The van der Waals surface area contributed by atoms with Gasteiger partial charge in [-0.3, -0.25) is 14.6 Å². The molecule has 2 N–H and O–H groups in total. The first kappa shape index (κ1) is 18.9. The van der Waals surface area contributed by atoms with Gasteiger partial charge in [-0.2, -0.15) is 0 Å². The second-order valence-corrected chi connectivity index (χ2v) is 8.31. The molecule has 4 rings (SSSR count). The Kier molecular flexibility index (Phi) is 5.59. The number of nitrogens with one attached hydrogen (secondary N) is 1. The van der Waals surface area contributed by atoms with Crippen LogP contribution in [0.4, 0.5) is 0 Å². The van der Waals surface area contributed by atoms with Crippen LogP contribution in [0, 0.1) is 17.8 Å². The Morgan fingerprint density at radius 1 is 1.18 bits per heavy atom. The molecular formula is C21H28N4O3. The summed E-state index contributed by atoms with van der Waals surface area (Å²) < 4.78 is 0. The predicted octanol–water partition coefficient (Wildman–Crippen LogP) is 3.02. The Bertz CT molecular complexity index is 810. The fourth-order valence-corrected chi connectivity index (χ4v) is 4.87. The fourth-order valence-electron chi connectivity index (χ4n) is 4.87. The van der Waals surface area contributed by atoms with Gasteiger partial charge in [0.1, 0.15) is 5.82 Å². The second kappa shape index (κ2) is 8.29. The van der Waals surface area contributed by atoms with Gasteiger partial charge < -0.3 is 15.0 Å². The molecule has 3 heterocycles. The molecule has 0 radical (unpaired) electrons. The molecule has 2 unspecified atom stereocenters. The van der Waals surface area contributed by atoms with Gasteiger partial charge in [0, 0.05) is 38.0 Å². The van der Waals surface area contributed by atoms with E-state index in [9.17, 15) is 14.7 Å². The van der Waals surface area contributed by atoms with E-state index in [1.807, 2.05) is 11.0 Å². The van der Waals surface area contributed by atoms with E-state index >= 15 is 0 Å². The standard InChI is InChI=1S/C21H28N4O3/c26-20(27)11-15-7-9-25(21(28)14-4-2-1-3-5-14)13-16(15)10-19-23-17-6-8-22-12-18(17)24-19/h6,8,12,14-16H,1-5,7,9-11,13H2,(H,23,24)(H,26,27). The first-order chi connectivity index (χ1) is 13.6. The number of carbonyl (C=O) groups excluding carboxylic acids is 1. The van der Waals surface area contributed by atoms with Crippen molar-refractivity contribution >= 4 is 22.9 Å². The average molecular weight is 384 g/mol. The molecule has 2 aliphatic rings. The monoisotopic (exact) mass is 384 g/mol. The average Bonchev–Trinajstić information content (AvgIpc) is 3.11. The number of hydrogen-bond donors (Lipinski definition) is 2. The van der Waals surface area contributed by atoms with Gasteiger partial charge in [-0.1, -0.05) is 19.3 Å². The molecule has 1 aliphatic heterocycles. The van der Waals surface area contributed by atoms with Crippen LogP contribution in [0.15, 0.2) is 18.5 Å². The summed E-state index contributed by atoms with van der Waals surface area (Å²) in [7, 11) is 0. The van der Waals surface area contributed by atoms with Crippen LogP contribution in [-0.2, 0) is 16.0 Å². The van der Waals surface area contributed by atoms with Crippen molar-refractivity contribution < 1.29 is 14.7 Å². The number of fused-ring (bicyclic) bond motifs is 1. The Labute approximate surface area is 164 Å². The van der Waals surface area contributed by atoms with Crippen LogP contribution in [0.5, 0.6) is 0 Å². The number of nitrogens with zero attached hydrogens (tertiary/aromatic N) is 3. The van der Waals surface area contributed by atoms with Crippen molar-refractivity contribution in [2.45, 2.75) is 51.4 Å². The number of aliphatic carboxylic acids is 1. The largest absolute Gasteiger partial charge is 0.481 e. The van der Waals surface area contributed by atoms with Gasteiger partial charge in [-0.05, 0) is 37.2 Å². The highest BCUT2D eigenvalue weighted by molar-refractivity contribution is 5.79. The van der Waals surface area contributed by atoms with Crippen molar-refractivity contribution in [2.24, 2.45) is 17.8 Å². The van der Waals surface area contributed by atoms with E-state index in [0.29, 0.717) is 19.5 Å². The van der Waals surface area contributed by atoms with Crippen LogP contribution < -0.4 is 0 Å². The number of imidazole rings is 1. The van der Waals surface area contributed by atoms with Gasteiger partial charge in [0.15, 0.2) is 0 Å². The second-order valence-electron chi connectivity index (χ2n) is 8.31. The maximum Gasteiger partial charge on any atom is 0.303 e. The molecule has 7 nitrogen and oxygen atoms in total. The maximum absolute atomic E-state index is 13.0. The van der Waals surface area contributed by atoms with Gasteiger partial charge in [0.05, 0.1) is 17.2 Å². The number of rotatable bonds is 5. The van der Waals surface area contributed by atoms with Crippen LogP contribution in [0.2, 0.25) is 0 Å². The lowest BCUT2D eigenvalue weighted by molar-refractivity contribution is -0.141. The highest BCUT2D eigenvalue weighted by Gasteiger charge is 2.35. The van der Waals surface area contributed by atoms with E-state index in [0.717, 1.165) is 49.0 Å². The topological polar surface area (TPSA) is 99.2 Å². The van der Waals surface area contributed by atoms with Gasteiger partial charge in [0.25, 0.3) is 0 Å². The van der Waals surface area contributed by atoms with E-state index in [1.165, 1.54) is 6.42 Å². The van der Waals surface area contributed by atoms with Crippen LogP contribution in [0.3, 0.4) is 0 Å². The summed E-state index contributed by atoms with van der Waals surface area (Å²) in [6.45, 7) is 1.30. The third-order valence-corrected chi connectivity index (χ3v) is 6.38. The molecule has 0 spiro atoms. The van der Waals surface area contributed by atoms with E-state index in [4.69, 9.17) is 0 Å². The molecule has 1 aliphatic carbocycles. The first-order valence-corrected chi connectivity index (χ1v) is 10.4. The SMILES string of the molecule is O=C(O)CC1CCN(C(=O)C2CCCCC2)CC1Cc1nc2ccncc2[nH]1. The molecule has 2 fully saturated rings. The zero-order chi connectivity index (χ0) is 19.5. The van der Waals surface area contributed by atoms with Gasteiger partial charge in [-0.15, -0.1) is 0 Å². The highest BCUT2D eigenvalue weighted by atomic mass is 16.4. The van der Waals surface area contributed by atoms with E-state index in [1.54, 1.807) is 12.4 Å². The van der Waals surface area contributed by atoms with Crippen LogP contribution in [0.25, 0.3) is 11.0 Å². The third kappa shape index (κ3) is 4.18. The molecule has 2 atom stereocenters. The maximum atomic E-state index is 13.0. The van der Waals surface area contributed by atoms with Crippen molar-refractivity contribution in [3.05, 3.63) is 24.3 Å². The molecule has 1 saturated carbocycles. The number of carboxylic acids is 1. The predicted molar refractivity (Wildman–Crippen MR) is 105 cm³/mol. The minimum Gasteiger partial charge on any atom is -0.481 e. The quantitative estimate of drug-likeness (QED) is 0.825. The number of amides is 1. The first-order valence-electron chi connectivity index (χ1n) is 10.4. The van der Waals surface area contributed by atoms with Crippen molar-refractivity contribution in [3.8, 4) is 0 Å². The number of aromatic amines is 1. The highest BCUT2D eigenvalue weighted by Crippen LogP contribution is 2.32. The Morgan fingerprint density at radius 2 is 2.00 bits per heavy atom. The third-order valence-electron chi connectivity index (χ3n) is 6.38. The summed E-state index contributed by atoms with van der Waals surface area (Å²) >= 11 is 0. The van der Waals surface area contributed by atoms with Gasteiger partial charge in [-0.25, -0.2) is 4.98 Å². The number of carboxylic acid groups (broad SMARTS) is 1. The number of likely N-dealkylation sites (tertiary alicyclic amines) is 1. The Hall–Kier alpha value is -2.44. The van der Waals surface area contributed by atoms with Crippen LogP contribution >= 0.6 is 0 Å². The van der Waals surface area contributed by atoms with Gasteiger partial charge >= 0.3 is 5.97 Å². The van der Waals surface area contributed by atoms with E-state index < -0.39 is 5.97 Å². The number of hydrogen-bond acceptors (Lipinski definition) is 4. The zero-order valence-electron chi connectivity index (χ0n) is 16.1. The zero-order valence-corrected chi connectivity index (χ0v) is 16.1. The van der Waals surface area contributed by atoms with Crippen molar-refractivity contribution in [2.75, 3.05) is 13.1 Å². The molecule has 0 aromatic carbocycles. The Morgan fingerprint density at radius 3 is 2.75 bits per heavy atom. The lowest BCUT2D eigenvalue weighted by Crippen LogP contribution is -2.47. The smallest absolute Gasteiger partial charge is 0.303 e. The molecule has 1 amide bonds. The van der Waals surface area contributed by atoms with Crippen LogP contribution in [0.1, 0.15) is 50.8 Å². The number of H-pyrrole nitrogens is 1. The molecular weight excluding hydrogens is 356 g/mol. The summed E-state index contributed by atoms with van der Waals surface area (Å²) in [5, 5.41) is 9.33. The van der Waals surface area contributed by atoms with Crippen molar-refractivity contribution in [3.63, 3.8) is 0 Å². The molecule has 2 aromatic heterocycles. The molecule has 28 heavy (non-hydrogen) atoms. The van der Waals surface area contributed by atoms with Crippen LogP contribution in [-0.4, -0.2) is 49.9 Å². The number of piperidine rings is 1. The minimum absolute atomic E-state index is 0.0687. The summed E-state index contributed by atoms with van der Waals surface area (Å²) in [5.74, 6) is 0.673. The fraction of sp³-hybridized carbons (Fsp3) is 0.619. The van der Waals surface area contributed by atoms with Crippen molar-refractivity contribution in [1.29, 1.82) is 0 Å². The van der Waals surface area contributed by atoms with E-state index in [2.05, 4.69) is 15.0 Å². The lowest BCUT2D eigenvalue weighted by Gasteiger charge is -2.40. The molecule has 1 saturated heterocycles. The summed E-state index contributed by atoms with van der Waals surface area (Å²) in [4.78, 5) is 38.4. The molecule has 7 heteroatoms. The van der Waals surface area contributed by atoms with E-state index in [-0.39, 0.29) is 30.1 Å². The number of pyridine rings is 1. The van der Waals surface area contributed by atoms with Gasteiger partial charge in [0.2, 0.25) is 5.91 Å².